The summed E-state index contributed by atoms with van der Waals surface area (Å²) in [7, 11) is 0. The zero-order chi connectivity index (χ0) is 18.4. The van der Waals surface area contributed by atoms with E-state index in [1.807, 2.05) is 10.6 Å². The van der Waals surface area contributed by atoms with E-state index < -0.39 is 0 Å². The maximum atomic E-state index is 12.1. The third kappa shape index (κ3) is 4.97. The molecule has 138 valence electrons. The second kappa shape index (κ2) is 9.03. The van der Waals surface area contributed by atoms with E-state index in [-0.39, 0.29) is 5.91 Å². The van der Waals surface area contributed by atoms with Crippen LogP contribution < -0.4 is 5.32 Å². The van der Waals surface area contributed by atoms with E-state index in [0.29, 0.717) is 5.75 Å². The molecule has 1 aliphatic rings. The van der Waals surface area contributed by atoms with Gasteiger partial charge in [0.15, 0.2) is 5.16 Å². The fourth-order valence-electron chi connectivity index (χ4n) is 3.05. The summed E-state index contributed by atoms with van der Waals surface area (Å²) < 4.78 is 1.93. The highest BCUT2D eigenvalue weighted by Crippen LogP contribution is 2.21. The van der Waals surface area contributed by atoms with Crippen LogP contribution in [0.25, 0.3) is 5.69 Å². The molecule has 0 spiro atoms. The predicted molar refractivity (Wildman–Crippen MR) is 106 cm³/mol. The molecule has 3 rings (SSSR count). The molecular weight excluding hydrogens is 344 g/mol. The van der Waals surface area contributed by atoms with Crippen molar-refractivity contribution in [2.45, 2.75) is 51.1 Å². The lowest BCUT2D eigenvalue weighted by molar-refractivity contribution is -0.118. The third-order valence-electron chi connectivity index (χ3n) is 4.77. The van der Waals surface area contributed by atoms with Crippen molar-refractivity contribution in [1.82, 2.24) is 20.1 Å². The van der Waals surface area contributed by atoms with Gasteiger partial charge in [0.25, 0.3) is 0 Å². The van der Waals surface area contributed by atoms with Crippen molar-refractivity contribution in [2.75, 3.05) is 12.3 Å². The second-order valence-electron chi connectivity index (χ2n) is 6.75. The molecule has 2 aromatic rings. The summed E-state index contributed by atoms with van der Waals surface area (Å²) in [6.45, 7) is 4.90. The maximum Gasteiger partial charge on any atom is 0.230 e. The van der Waals surface area contributed by atoms with Crippen LogP contribution in [0.4, 0.5) is 0 Å². The summed E-state index contributed by atoms with van der Waals surface area (Å²) in [6.07, 6.45) is 9.94. The number of amides is 1. The molecule has 1 heterocycles. The Morgan fingerprint density at radius 2 is 2.15 bits per heavy atom. The molecule has 6 heteroatoms. The zero-order valence-electron chi connectivity index (χ0n) is 15.5. The number of aromatic nitrogens is 3. The SMILES string of the molecule is Cc1ccc(-n2cnnc2SCC(=O)NCCC2=CCCCC2)cc1C. The van der Waals surface area contributed by atoms with Crippen LogP contribution >= 0.6 is 11.8 Å². The number of allylic oxidation sites excluding steroid dienone is 1. The smallest absolute Gasteiger partial charge is 0.230 e. The van der Waals surface area contributed by atoms with E-state index in [1.54, 1.807) is 6.33 Å². The van der Waals surface area contributed by atoms with E-state index in [4.69, 9.17) is 0 Å². The normalized spacial score (nSPS) is 14.2. The Hall–Kier alpha value is -2.08. The molecular formula is C20H26N4OS. The van der Waals surface area contributed by atoms with Crippen molar-refractivity contribution in [2.24, 2.45) is 0 Å². The second-order valence-corrected chi connectivity index (χ2v) is 7.69. The first-order valence-electron chi connectivity index (χ1n) is 9.18. The Bertz CT molecular complexity index is 797. The number of hydrogen-bond acceptors (Lipinski definition) is 4. The lowest BCUT2D eigenvalue weighted by Crippen LogP contribution is -2.26. The number of thioether (sulfide) groups is 1. The third-order valence-corrected chi connectivity index (χ3v) is 5.71. The molecule has 0 radical (unpaired) electrons. The van der Waals surface area contributed by atoms with E-state index in [0.717, 1.165) is 23.8 Å². The Morgan fingerprint density at radius 3 is 2.92 bits per heavy atom. The number of carbonyl (C=O) groups excluding carboxylic acids is 1. The quantitative estimate of drug-likeness (QED) is 0.591. The van der Waals surface area contributed by atoms with E-state index in [2.05, 4.69) is 47.6 Å². The van der Waals surface area contributed by atoms with Crippen LogP contribution in [-0.2, 0) is 4.79 Å². The van der Waals surface area contributed by atoms with Crippen molar-refractivity contribution in [3.8, 4) is 5.69 Å². The molecule has 0 saturated carbocycles. The predicted octanol–water partition coefficient (Wildman–Crippen LogP) is 3.98. The molecule has 26 heavy (non-hydrogen) atoms. The highest BCUT2D eigenvalue weighted by molar-refractivity contribution is 7.99. The topological polar surface area (TPSA) is 59.8 Å². The van der Waals surface area contributed by atoms with Gasteiger partial charge in [0, 0.05) is 12.2 Å². The summed E-state index contributed by atoms with van der Waals surface area (Å²) in [6, 6.07) is 6.25. The summed E-state index contributed by atoms with van der Waals surface area (Å²) in [5.74, 6) is 0.392. The number of carbonyl (C=O) groups is 1. The minimum atomic E-state index is 0.0426. The van der Waals surface area contributed by atoms with Gasteiger partial charge in [0.05, 0.1) is 5.75 Å². The average molecular weight is 371 g/mol. The maximum absolute atomic E-state index is 12.1. The monoisotopic (exact) mass is 370 g/mol. The van der Waals surface area contributed by atoms with Crippen molar-refractivity contribution < 1.29 is 4.79 Å². The van der Waals surface area contributed by atoms with Gasteiger partial charge in [0.1, 0.15) is 6.33 Å². The van der Waals surface area contributed by atoms with Crippen molar-refractivity contribution in [3.63, 3.8) is 0 Å². The number of nitrogens with one attached hydrogen (secondary N) is 1. The minimum Gasteiger partial charge on any atom is -0.355 e. The molecule has 0 atom stereocenters. The lowest BCUT2D eigenvalue weighted by Gasteiger charge is -2.13. The summed E-state index contributed by atoms with van der Waals surface area (Å²) in [5, 5.41) is 11.9. The van der Waals surface area contributed by atoms with Gasteiger partial charge < -0.3 is 5.32 Å². The van der Waals surface area contributed by atoms with E-state index >= 15 is 0 Å². The van der Waals surface area contributed by atoms with Crippen LogP contribution in [0.2, 0.25) is 0 Å². The molecule has 0 fully saturated rings. The molecule has 5 nitrogen and oxygen atoms in total. The van der Waals surface area contributed by atoms with Gasteiger partial charge in [0.2, 0.25) is 5.91 Å². The highest BCUT2D eigenvalue weighted by atomic mass is 32.2. The van der Waals surface area contributed by atoms with Gasteiger partial charge in [-0.25, -0.2) is 0 Å². The Kier molecular flexibility index (Phi) is 6.50. The van der Waals surface area contributed by atoms with Crippen LogP contribution in [0, 0.1) is 13.8 Å². The fraction of sp³-hybridized carbons (Fsp3) is 0.450. The number of benzene rings is 1. The summed E-state index contributed by atoms with van der Waals surface area (Å²) in [5.41, 5.74) is 4.98. The molecule has 1 N–H and O–H groups in total. The number of hydrogen-bond donors (Lipinski definition) is 1. The molecule has 1 aliphatic carbocycles. The molecule has 1 aromatic heterocycles. The Morgan fingerprint density at radius 1 is 1.27 bits per heavy atom. The van der Waals surface area contributed by atoms with Gasteiger partial charge in [-0.1, -0.05) is 29.5 Å². The van der Waals surface area contributed by atoms with Crippen molar-refractivity contribution >= 4 is 17.7 Å². The fourth-order valence-corrected chi connectivity index (χ4v) is 3.81. The largest absolute Gasteiger partial charge is 0.355 e. The van der Waals surface area contributed by atoms with Crippen LogP contribution in [-0.4, -0.2) is 33.0 Å². The zero-order valence-corrected chi connectivity index (χ0v) is 16.3. The first kappa shape index (κ1) is 18.7. The Labute approximate surface area is 159 Å². The minimum absolute atomic E-state index is 0.0426. The molecule has 0 bridgehead atoms. The molecule has 0 unspecified atom stereocenters. The van der Waals surface area contributed by atoms with Crippen LogP contribution in [0.3, 0.4) is 0 Å². The van der Waals surface area contributed by atoms with Crippen molar-refractivity contribution in [3.05, 3.63) is 47.3 Å². The van der Waals surface area contributed by atoms with Crippen molar-refractivity contribution in [1.29, 1.82) is 0 Å². The molecule has 1 aromatic carbocycles. The standard InChI is InChI=1S/C20H26N4OS/c1-15-8-9-18(12-16(15)2)24-14-22-23-20(24)26-13-19(25)21-11-10-17-6-4-3-5-7-17/h6,8-9,12,14H,3-5,7,10-11,13H2,1-2H3,(H,21,25). The molecule has 0 aliphatic heterocycles. The van der Waals surface area contributed by atoms with Crippen LogP contribution in [0.15, 0.2) is 41.3 Å². The Balaban J connectivity index is 1.50. The van der Waals surface area contributed by atoms with Gasteiger partial charge in [-0.05, 0) is 69.2 Å². The average Bonchev–Trinajstić information content (AvgIpc) is 3.12. The first-order valence-corrected chi connectivity index (χ1v) is 10.2. The molecule has 1 amide bonds. The van der Waals surface area contributed by atoms with Gasteiger partial charge in [-0.2, -0.15) is 0 Å². The lowest BCUT2D eigenvalue weighted by atomic mass is 9.97. The van der Waals surface area contributed by atoms with Gasteiger partial charge >= 0.3 is 0 Å². The summed E-state index contributed by atoms with van der Waals surface area (Å²) >= 11 is 1.42. The first-order chi connectivity index (χ1) is 12.6. The van der Waals surface area contributed by atoms with Gasteiger partial charge in [-0.3, -0.25) is 9.36 Å². The van der Waals surface area contributed by atoms with Gasteiger partial charge in [-0.15, -0.1) is 10.2 Å². The van der Waals surface area contributed by atoms with Crippen LogP contribution in [0.1, 0.15) is 43.2 Å². The van der Waals surface area contributed by atoms with Crippen LogP contribution in [0.5, 0.6) is 0 Å². The van der Waals surface area contributed by atoms with E-state index in [9.17, 15) is 4.79 Å². The molecule has 0 saturated heterocycles. The number of aryl methyl sites for hydroxylation is 2. The number of nitrogens with zero attached hydrogens (tertiary/aromatic N) is 3. The number of rotatable bonds is 7. The highest BCUT2D eigenvalue weighted by Gasteiger charge is 2.11. The summed E-state index contributed by atoms with van der Waals surface area (Å²) in [4.78, 5) is 12.1. The van der Waals surface area contributed by atoms with E-state index in [1.165, 1.54) is 54.1 Å².